The highest BCUT2D eigenvalue weighted by atomic mass is 16.5. The lowest BCUT2D eigenvalue weighted by atomic mass is 9.86. The summed E-state index contributed by atoms with van der Waals surface area (Å²) in [7, 11) is 0. The van der Waals surface area contributed by atoms with Crippen molar-refractivity contribution in [2.75, 3.05) is 37.7 Å². The molecule has 3 fully saturated rings. The molecule has 2 aliphatic heterocycles. The minimum absolute atomic E-state index is 0.155. The summed E-state index contributed by atoms with van der Waals surface area (Å²) in [6.45, 7) is 12.9. The first-order valence-corrected chi connectivity index (χ1v) is 17.0. The molecule has 2 aromatic rings. The Hall–Kier alpha value is -4.16. The number of anilines is 1. The summed E-state index contributed by atoms with van der Waals surface area (Å²) in [6.07, 6.45) is 9.25. The van der Waals surface area contributed by atoms with Gasteiger partial charge in [0, 0.05) is 92.0 Å². The van der Waals surface area contributed by atoms with Gasteiger partial charge >= 0.3 is 11.9 Å². The summed E-state index contributed by atoms with van der Waals surface area (Å²) >= 11 is 0. The van der Waals surface area contributed by atoms with Gasteiger partial charge in [0.1, 0.15) is 11.9 Å². The molecule has 0 bridgehead atoms. The number of carboxylic acid groups (broad SMARTS) is 2. The van der Waals surface area contributed by atoms with Gasteiger partial charge in [0.15, 0.2) is 0 Å². The van der Waals surface area contributed by atoms with Crippen molar-refractivity contribution in [3.05, 3.63) is 68.7 Å². The number of carbonyl (C=O) groups is 3. The molecule has 4 N–H and O–H groups in total. The lowest BCUT2D eigenvalue weighted by Gasteiger charge is -2.44. The van der Waals surface area contributed by atoms with Crippen LogP contribution in [0.1, 0.15) is 84.6 Å². The molecule has 1 aliphatic carbocycles. The molecule has 1 saturated carbocycles. The van der Waals surface area contributed by atoms with E-state index >= 15 is 0 Å². The predicted molar refractivity (Wildman–Crippen MR) is 183 cm³/mol. The number of amides is 1. The second-order valence-corrected chi connectivity index (χ2v) is 12.8. The topological polar surface area (TPSA) is 162 Å². The smallest absolute Gasteiger partial charge is 0.328 e. The van der Waals surface area contributed by atoms with Crippen molar-refractivity contribution in [2.45, 2.75) is 97.4 Å². The van der Waals surface area contributed by atoms with Crippen LogP contribution in [0.5, 0.6) is 5.75 Å². The number of rotatable bonds is 11. The number of aryl methyl sites for hydroxylation is 2. The molecule has 1 amide bonds. The molecule has 5 rings (SSSR count). The van der Waals surface area contributed by atoms with E-state index < -0.39 is 11.9 Å². The molecular formula is C36H50N4O8. The van der Waals surface area contributed by atoms with Gasteiger partial charge in [-0.1, -0.05) is 6.42 Å². The SMILES string of the molecule is CCN(c1cc(OC2CC(N3CCCCC3)C2)cc(C(=O)NCc2c(C)cc(C)[nH]c2=O)c1C)C1CCOCC1.O=C(O)/C=C\C(=O)O. The number of aromatic amines is 1. The standard InChI is InChI=1S/C32H46N4O4.C4H4O4/c1-5-36(24-9-13-39-14-10-24)30-19-27(40-26-16-25(17-26)35-11-7-6-8-12-35)18-28(23(30)4)31(37)33-20-29-21(2)15-22(3)34-32(29)38;5-3(6)1-2-4(7)8/h15,18-19,24-26H,5-14,16-17,20H2,1-4H3,(H,33,37)(H,34,38);1-2H,(H,5,6)(H,7,8)/b;2-1-. The summed E-state index contributed by atoms with van der Waals surface area (Å²) < 4.78 is 12.2. The first kappa shape index (κ1) is 36.7. The predicted octanol–water partition coefficient (Wildman–Crippen LogP) is 4.34. The highest BCUT2D eigenvalue weighted by molar-refractivity contribution is 5.97. The van der Waals surface area contributed by atoms with Crippen molar-refractivity contribution in [3.8, 4) is 5.75 Å². The summed E-state index contributed by atoms with van der Waals surface area (Å²) in [5.41, 5.74) is 4.71. The number of H-pyrrole nitrogens is 1. The fourth-order valence-corrected chi connectivity index (χ4v) is 6.81. The summed E-state index contributed by atoms with van der Waals surface area (Å²) in [5, 5.41) is 18.6. The molecule has 2 saturated heterocycles. The normalized spacial score (nSPS) is 19.9. The average Bonchev–Trinajstić information content (AvgIpc) is 3.03. The Kier molecular flexibility index (Phi) is 13.2. The summed E-state index contributed by atoms with van der Waals surface area (Å²) in [6, 6.07) is 6.94. The van der Waals surface area contributed by atoms with E-state index in [1.807, 2.05) is 32.9 Å². The van der Waals surface area contributed by atoms with Crippen LogP contribution in [0.2, 0.25) is 0 Å². The Morgan fingerprint density at radius 1 is 1.02 bits per heavy atom. The quantitative estimate of drug-likeness (QED) is 0.254. The molecule has 0 radical (unpaired) electrons. The monoisotopic (exact) mass is 666 g/mol. The fraction of sp³-hybridized carbons (Fsp3) is 0.556. The van der Waals surface area contributed by atoms with Gasteiger partial charge in [-0.15, -0.1) is 0 Å². The Morgan fingerprint density at radius 3 is 2.25 bits per heavy atom. The minimum Gasteiger partial charge on any atom is -0.490 e. The number of hydrogen-bond donors (Lipinski definition) is 4. The number of hydrogen-bond acceptors (Lipinski definition) is 8. The van der Waals surface area contributed by atoms with E-state index in [0.717, 1.165) is 73.7 Å². The van der Waals surface area contributed by atoms with Crippen molar-refractivity contribution < 1.29 is 34.1 Å². The van der Waals surface area contributed by atoms with Crippen molar-refractivity contribution in [2.24, 2.45) is 0 Å². The van der Waals surface area contributed by atoms with Gasteiger partial charge in [-0.3, -0.25) is 9.59 Å². The first-order valence-electron chi connectivity index (χ1n) is 17.0. The molecule has 12 nitrogen and oxygen atoms in total. The molecular weight excluding hydrogens is 616 g/mol. The Bertz CT molecular complexity index is 1500. The third-order valence-corrected chi connectivity index (χ3v) is 9.45. The number of aromatic nitrogens is 1. The lowest BCUT2D eigenvalue weighted by Crippen LogP contribution is -2.50. The number of ether oxygens (including phenoxy) is 2. The van der Waals surface area contributed by atoms with Crippen molar-refractivity contribution in [1.82, 2.24) is 15.2 Å². The van der Waals surface area contributed by atoms with Crippen molar-refractivity contribution >= 4 is 23.5 Å². The average molecular weight is 667 g/mol. The summed E-state index contributed by atoms with van der Waals surface area (Å²) in [4.78, 5) is 53.2. The summed E-state index contributed by atoms with van der Waals surface area (Å²) in [5.74, 6) is -1.95. The van der Waals surface area contributed by atoms with E-state index in [9.17, 15) is 19.2 Å². The van der Waals surface area contributed by atoms with Crippen LogP contribution in [0, 0.1) is 20.8 Å². The Labute approximate surface area is 282 Å². The van der Waals surface area contributed by atoms with Gasteiger partial charge < -0.3 is 39.8 Å². The third kappa shape index (κ3) is 9.93. The second-order valence-electron chi connectivity index (χ2n) is 12.8. The van der Waals surface area contributed by atoms with Gasteiger partial charge in [-0.25, -0.2) is 9.59 Å². The number of likely N-dealkylation sites (tertiary alicyclic amines) is 1. The number of aliphatic carboxylic acids is 2. The van der Waals surface area contributed by atoms with Crippen LogP contribution >= 0.6 is 0 Å². The van der Waals surface area contributed by atoms with E-state index in [1.54, 1.807) is 0 Å². The Morgan fingerprint density at radius 2 is 1.67 bits per heavy atom. The zero-order valence-electron chi connectivity index (χ0n) is 28.5. The van der Waals surface area contributed by atoms with Crippen LogP contribution < -0.4 is 20.5 Å². The molecule has 3 aliphatic rings. The third-order valence-electron chi connectivity index (χ3n) is 9.45. The number of pyridine rings is 1. The molecule has 1 aromatic carbocycles. The van der Waals surface area contributed by atoms with Crippen molar-refractivity contribution in [1.29, 1.82) is 0 Å². The number of carboxylic acids is 2. The number of nitrogens with zero attached hydrogens (tertiary/aromatic N) is 2. The highest BCUT2D eigenvalue weighted by Gasteiger charge is 2.36. The van der Waals surface area contributed by atoms with Crippen LogP contribution in [0.15, 0.2) is 35.1 Å². The maximum atomic E-state index is 13.6. The van der Waals surface area contributed by atoms with Gasteiger partial charge in [0.25, 0.3) is 11.5 Å². The van der Waals surface area contributed by atoms with E-state index in [4.69, 9.17) is 19.7 Å². The van der Waals surface area contributed by atoms with E-state index in [1.165, 1.54) is 32.4 Å². The molecule has 3 heterocycles. The maximum Gasteiger partial charge on any atom is 0.328 e. The van der Waals surface area contributed by atoms with Gasteiger partial charge in [-0.2, -0.15) is 0 Å². The lowest BCUT2D eigenvalue weighted by molar-refractivity contribution is -0.134. The largest absolute Gasteiger partial charge is 0.490 e. The first-order chi connectivity index (χ1) is 23.0. The molecule has 12 heteroatoms. The molecule has 0 unspecified atom stereocenters. The number of nitrogens with one attached hydrogen (secondary N) is 2. The molecule has 48 heavy (non-hydrogen) atoms. The fourth-order valence-electron chi connectivity index (χ4n) is 6.81. The molecule has 0 atom stereocenters. The highest BCUT2D eigenvalue weighted by Crippen LogP contribution is 2.36. The Balaban J connectivity index is 0.000000579. The maximum absolute atomic E-state index is 13.6. The number of carbonyl (C=O) groups excluding carboxylic acids is 1. The van der Waals surface area contributed by atoms with Crippen LogP contribution in [0.25, 0.3) is 0 Å². The van der Waals surface area contributed by atoms with Crippen LogP contribution in [-0.2, 0) is 20.9 Å². The molecule has 262 valence electrons. The van der Waals surface area contributed by atoms with Gasteiger partial charge in [-0.05, 0) is 89.7 Å². The molecule has 1 aromatic heterocycles. The number of piperidine rings is 1. The molecule has 0 spiro atoms. The second kappa shape index (κ2) is 17.3. The van der Waals surface area contributed by atoms with Crippen LogP contribution in [0.4, 0.5) is 5.69 Å². The van der Waals surface area contributed by atoms with Crippen LogP contribution in [-0.4, -0.2) is 89.0 Å². The zero-order valence-corrected chi connectivity index (χ0v) is 28.5. The minimum atomic E-state index is -1.26. The zero-order chi connectivity index (χ0) is 34.8. The van der Waals surface area contributed by atoms with E-state index in [-0.39, 0.29) is 24.1 Å². The van der Waals surface area contributed by atoms with E-state index in [0.29, 0.717) is 35.4 Å². The van der Waals surface area contributed by atoms with Crippen molar-refractivity contribution in [3.63, 3.8) is 0 Å². The van der Waals surface area contributed by atoms with E-state index in [2.05, 4.69) is 33.1 Å². The van der Waals surface area contributed by atoms with Crippen LogP contribution in [0.3, 0.4) is 0 Å². The number of benzene rings is 1. The van der Waals surface area contributed by atoms with Gasteiger partial charge in [0.05, 0.1) is 0 Å². The van der Waals surface area contributed by atoms with Gasteiger partial charge in [0.2, 0.25) is 0 Å².